The highest BCUT2D eigenvalue weighted by Gasteiger charge is 2.19. The fraction of sp³-hybridized carbons (Fsp3) is 0.312. The molecule has 1 saturated heterocycles. The first-order chi connectivity index (χ1) is 9.84. The summed E-state index contributed by atoms with van der Waals surface area (Å²) in [6.45, 7) is 0.821. The van der Waals surface area contributed by atoms with E-state index >= 15 is 0 Å². The van der Waals surface area contributed by atoms with Crippen molar-refractivity contribution < 1.29 is 4.74 Å². The molecular weight excluding hydrogens is 247 g/mol. The maximum absolute atomic E-state index is 6.14. The number of ether oxygens (including phenoxy) is 1. The van der Waals surface area contributed by atoms with Crippen molar-refractivity contribution in [3.8, 4) is 0 Å². The molecule has 1 aromatic heterocycles. The van der Waals surface area contributed by atoms with Crippen LogP contribution < -0.4 is 5.46 Å². The number of fused-ring (bicyclic) bond motifs is 3. The van der Waals surface area contributed by atoms with Crippen LogP contribution in [0, 0.1) is 0 Å². The minimum absolute atomic E-state index is 0.0589. The predicted molar refractivity (Wildman–Crippen MR) is 81.5 cm³/mol. The SMILES string of the molecule is [B]c1cccc2ccc3c(cnn3C3CCCCO3)c12. The lowest BCUT2D eigenvalue weighted by Gasteiger charge is -2.23. The molecule has 2 radical (unpaired) electrons. The van der Waals surface area contributed by atoms with Gasteiger partial charge >= 0.3 is 0 Å². The van der Waals surface area contributed by atoms with Gasteiger partial charge in [-0.25, -0.2) is 4.68 Å². The molecule has 1 aliphatic rings. The molecule has 2 aromatic carbocycles. The molecule has 1 atom stereocenters. The Kier molecular flexibility index (Phi) is 2.77. The maximum Gasteiger partial charge on any atom is 0.150 e. The highest BCUT2D eigenvalue weighted by molar-refractivity contribution is 6.41. The fourth-order valence-corrected chi connectivity index (χ4v) is 3.08. The van der Waals surface area contributed by atoms with Gasteiger partial charge in [0.05, 0.1) is 11.7 Å². The molecule has 4 rings (SSSR count). The van der Waals surface area contributed by atoms with Crippen molar-refractivity contribution in [2.75, 3.05) is 6.61 Å². The summed E-state index contributed by atoms with van der Waals surface area (Å²) in [4.78, 5) is 0. The molecule has 1 unspecified atom stereocenters. The first kappa shape index (κ1) is 12.0. The molecule has 0 aliphatic carbocycles. The second-order valence-corrected chi connectivity index (χ2v) is 5.35. The second kappa shape index (κ2) is 4.63. The van der Waals surface area contributed by atoms with E-state index in [0.29, 0.717) is 0 Å². The maximum atomic E-state index is 6.14. The predicted octanol–water partition coefficient (Wildman–Crippen LogP) is 2.68. The van der Waals surface area contributed by atoms with Crippen LogP contribution in [0.4, 0.5) is 0 Å². The fourth-order valence-electron chi connectivity index (χ4n) is 3.08. The average Bonchev–Trinajstić information content (AvgIpc) is 2.92. The summed E-state index contributed by atoms with van der Waals surface area (Å²) in [5, 5.41) is 7.90. The molecule has 1 fully saturated rings. The third kappa shape index (κ3) is 1.75. The summed E-state index contributed by atoms with van der Waals surface area (Å²) in [6, 6.07) is 10.2. The molecule has 0 spiro atoms. The van der Waals surface area contributed by atoms with E-state index in [9.17, 15) is 0 Å². The van der Waals surface area contributed by atoms with Gasteiger partial charge in [-0.1, -0.05) is 29.7 Å². The van der Waals surface area contributed by atoms with Gasteiger partial charge in [0, 0.05) is 12.0 Å². The summed E-state index contributed by atoms with van der Waals surface area (Å²) in [5.41, 5.74) is 1.90. The Morgan fingerprint density at radius 1 is 1.20 bits per heavy atom. The third-order valence-electron chi connectivity index (χ3n) is 4.08. The van der Waals surface area contributed by atoms with Crippen molar-refractivity contribution in [3.63, 3.8) is 0 Å². The molecule has 0 saturated carbocycles. The summed E-state index contributed by atoms with van der Waals surface area (Å²) in [5.74, 6) is 0. The normalized spacial score (nSPS) is 19.7. The monoisotopic (exact) mass is 262 g/mol. The molecule has 2 heterocycles. The lowest BCUT2D eigenvalue weighted by atomic mass is 9.88. The van der Waals surface area contributed by atoms with Crippen molar-refractivity contribution >= 4 is 35.0 Å². The molecule has 3 aromatic rings. The van der Waals surface area contributed by atoms with E-state index in [0.717, 1.165) is 46.6 Å². The van der Waals surface area contributed by atoms with Gasteiger partial charge in [0.1, 0.15) is 7.85 Å². The number of aromatic nitrogens is 2. The zero-order valence-corrected chi connectivity index (χ0v) is 11.2. The molecule has 98 valence electrons. The van der Waals surface area contributed by atoms with Gasteiger partial charge in [-0.05, 0) is 36.1 Å². The number of hydrogen-bond acceptors (Lipinski definition) is 2. The Bertz CT molecular complexity index is 775. The van der Waals surface area contributed by atoms with Gasteiger partial charge in [0.15, 0.2) is 6.23 Å². The largest absolute Gasteiger partial charge is 0.356 e. The van der Waals surface area contributed by atoms with E-state index in [1.54, 1.807) is 0 Å². The number of rotatable bonds is 1. The Morgan fingerprint density at radius 2 is 2.15 bits per heavy atom. The van der Waals surface area contributed by atoms with E-state index < -0.39 is 0 Å². The van der Waals surface area contributed by atoms with Crippen molar-refractivity contribution in [2.45, 2.75) is 25.5 Å². The van der Waals surface area contributed by atoms with Crippen molar-refractivity contribution in [3.05, 3.63) is 36.5 Å². The van der Waals surface area contributed by atoms with Crippen LogP contribution in [0.3, 0.4) is 0 Å². The van der Waals surface area contributed by atoms with Gasteiger partial charge < -0.3 is 4.74 Å². The van der Waals surface area contributed by atoms with Gasteiger partial charge in [0.25, 0.3) is 0 Å². The summed E-state index contributed by atoms with van der Waals surface area (Å²) < 4.78 is 7.84. The van der Waals surface area contributed by atoms with E-state index in [1.807, 2.05) is 23.0 Å². The van der Waals surface area contributed by atoms with Crippen molar-refractivity contribution in [1.82, 2.24) is 9.78 Å². The molecule has 1 aliphatic heterocycles. The lowest BCUT2D eigenvalue weighted by Crippen LogP contribution is -2.18. The van der Waals surface area contributed by atoms with Gasteiger partial charge in [-0.2, -0.15) is 5.10 Å². The summed E-state index contributed by atoms with van der Waals surface area (Å²) in [7, 11) is 6.14. The quantitative estimate of drug-likeness (QED) is 0.630. The van der Waals surface area contributed by atoms with Crippen LogP contribution in [0.2, 0.25) is 0 Å². The number of benzene rings is 2. The Balaban J connectivity index is 1.95. The Morgan fingerprint density at radius 3 is 3.00 bits per heavy atom. The van der Waals surface area contributed by atoms with E-state index in [4.69, 9.17) is 12.6 Å². The lowest BCUT2D eigenvalue weighted by molar-refractivity contribution is -0.0366. The van der Waals surface area contributed by atoms with E-state index in [1.165, 1.54) is 6.42 Å². The Labute approximate surface area is 118 Å². The molecule has 0 bridgehead atoms. The molecule has 4 heteroatoms. The zero-order chi connectivity index (χ0) is 13.5. The van der Waals surface area contributed by atoms with E-state index in [-0.39, 0.29) is 6.23 Å². The van der Waals surface area contributed by atoms with Crippen LogP contribution in [-0.4, -0.2) is 24.2 Å². The van der Waals surface area contributed by atoms with Crippen LogP contribution >= 0.6 is 0 Å². The number of nitrogens with zero attached hydrogens (tertiary/aromatic N) is 2. The minimum atomic E-state index is 0.0589. The highest BCUT2D eigenvalue weighted by Crippen LogP contribution is 2.29. The van der Waals surface area contributed by atoms with Crippen molar-refractivity contribution in [2.24, 2.45) is 0 Å². The second-order valence-electron chi connectivity index (χ2n) is 5.35. The van der Waals surface area contributed by atoms with Crippen molar-refractivity contribution in [1.29, 1.82) is 0 Å². The first-order valence-electron chi connectivity index (χ1n) is 7.10. The van der Waals surface area contributed by atoms with Gasteiger partial charge in [0.2, 0.25) is 0 Å². The van der Waals surface area contributed by atoms with E-state index in [2.05, 4.69) is 23.3 Å². The summed E-state index contributed by atoms with van der Waals surface area (Å²) in [6.07, 6.45) is 5.34. The van der Waals surface area contributed by atoms with Gasteiger partial charge in [-0.15, -0.1) is 0 Å². The third-order valence-corrected chi connectivity index (χ3v) is 4.08. The van der Waals surface area contributed by atoms with Crippen LogP contribution in [0.5, 0.6) is 0 Å². The molecule has 0 amide bonds. The van der Waals surface area contributed by atoms with Crippen LogP contribution in [0.15, 0.2) is 36.5 Å². The first-order valence-corrected chi connectivity index (χ1v) is 7.10. The standard InChI is InChI=1S/C16H15BN2O/c17-13-5-3-4-11-7-8-14-12(16(11)13)10-18-19(14)15-6-1-2-9-20-15/h3-5,7-8,10,15H,1-2,6,9H2. The zero-order valence-electron chi connectivity index (χ0n) is 11.2. The smallest absolute Gasteiger partial charge is 0.150 e. The minimum Gasteiger partial charge on any atom is -0.356 e. The van der Waals surface area contributed by atoms with Gasteiger partial charge in [-0.3, -0.25) is 0 Å². The molecular formula is C16H15BN2O. The van der Waals surface area contributed by atoms with Crippen LogP contribution in [0.1, 0.15) is 25.5 Å². The highest BCUT2D eigenvalue weighted by atomic mass is 16.5. The van der Waals surface area contributed by atoms with Crippen LogP contribution in [-0.2, 0) is 4.74 Å². The molecule has 0 N–H and O–H groups in total. The van der Waals surface area contributed by atoms with Crippen LogP contribution in [0.25, 0.3) is 21.7 Å². The Hall–Kier alpha value is -1.81. The molecule has 20 heavy (non-hydrogen) atoms. The topological polar surface area (TPSA) is 27.1 Å². The average molecular weight is 262 g/mol. The molecule has 3 nitrogen and oxygen atoms in total. The summed E-state index contributed by atoms with van der Waals surface area (Å²) >= 11 is 0. The number of hydrogen-bond donors (Lipinski definition) is 0.